The van der Waals surface area contributed by atoms with Crippen molar-refractivity contribution in [1.29, 1.82) is 0 Å². The second-order valence-electron chi connectivity index (χ2n) is 19.7. The molecule has 0 bridgehead atoms. The van der Waals surface area contributed by atoms with Gasteiger partial charge in [0, 0.05) is 91.2 Å². The van der Waals surface area contributed by atoms with Crippen LogP contribution in [0.15, 0.2) is 104 Å². The molecule has 8 aromatic rings. The van der Waals surface area contributed by atoms with Gasteiger partial charge in [0.2, 0.25) is 0 Å². The quantitative estimate of drug-likeness (QED) is 0.0366. The molecule has 25 heteroatoms. The van der Waals surface area contributed by atoms with Gasteiger partial charge < -0.3 is 55.4 Å². The molecule has 2 atom stereocenters. The van der Waals surface area contributed by atoms with Gasteiger partial charge in [-0.2, -0.15) is 23.4 Å². The molecule has 0 saturated carbocycles. The lowest BCUT2D eigenvalue weighted by molar-refractivity contribution is -0.137. The number of fused-ring (bicyclic) bond motifs is 2. The minimum atomic E-state index is -4.58. The molecule has 0 fully saturated rings. The average molecular weight is 1250 g/mol. The summed E-state index contributed by atoms with van der Waals surface area (Å²) in [5.74, 6) is 3.18. The van der Waals surface area contributed by atoms with Gasteiger partial charge >= 0.3 is 18.4 Å². The average Bonchev–Trinajstić information content (AvgIpc) is 4.00. The lowest BCUT2D eigenvalue weighted by Gasteiger charge is -2.22. The van der Waals surface area contributed by atoms with E-state index in [1.807, 2.05) is 74.8 Å². The van der Waals surface area contributed by atoms with E-state index in [-0.39, 0.29) is 23.5 Å². The summed E-state index contributed by atoms with van der Waals surface area (Å²) in [5, 5.41) is 34.9. The van der Waals surface area contributed by atoms with Crippen LogP contribution in [0, 0.1) is 3.70 Å². The summed E-state index contributed by atoms with van der Waals surface area (Å²) in [5.41, 5.74) is 3.49. The fraction of sp³-hybridized carbons (Fsp3) is 0.333. The third-order valence-electron chi connectivity index (χ3n) is 12.6. The van der Waals surface area contributed by atoms with Gasteiger partial charge in [0.25, 0.3) is 5.91 Å². The number of hydrogen-bond acceptors (Lipinski definition) is 15. The molecule has 3 aromatic carbocycles. The number of halogens is 4. The minimum Gasteiger partial charge on any atom is -0.497 e. The number of alkyl halides is 3. The number of aromatic nitrogens is 7. The van der Waals surface area contributed by atoms with Gasteiger partial charge in [-0.1, -0.05) is 12.1 Å². The maximum atomic E-state index is 13.1. The number of carbonyl (C=O) groups is 3. The Bertz CT molecular complexity index is 3520. The molecule has 0 aliphatic carbocycles. The van der Waals surface area contributed by atoms with Crippen molar-refractivity contribution in [3.05, 3.63) is 129 Å². The Kier molecular flexibility index (Phi) is 20.3. The molecule has 2 unspecified atom stereocenters. The Morgan fingerprint density at radius 1 is 0.659 bits per heavy atom. The largest absolute Gasteiger partial charge is 0.497 e. The van der Waals surface area contributed by atoms with Crippen molar-refractivity contribution in [2.24, 2.45) is 0 Å². The first kappa shape index (κ1) is 61.0. The molecule has 21 nitrogen and oxygen atoms in total. The molecule has 82 heavy (non-hydrogen) atoms. The molecular formula is C57H64F3IN12O9. The van der Waals surface area contributed by atoms with Crippen LogP contribution in [-0.2, 0) is 37.1 Å². The Hall–Kier alpha value is -8.62. The molecule has 5 heterocycles. The zero-order chi connectivity index (χ0) is 59.3. The number of rotatable bonds is 21. The van der Waals surface area contributed by atoms with E-state index in [9.17, 15) is 27.6 Å². The van der Waals surface area contributed by atoms with Crippen molar-refractivity contribution in [3.8, 4) is 34.3 Å². The molecule has 0 aliphatic rings. The fourth-order valence-electron chi connectivity index (χ4n) is 8.51. The highest BCUT2D eigenvalue weighted by Gasteiger charge is 2.31. The highest BCUT2D eigenvalue weighted by molar-refractivity contribution is 14.1. The smallest absolute Gasteiger partial charge is 0.416 e. The number of aryl methyl sites for hydroxylation is 2. The van der Waals surface area contributed by atoms with Crippen LogP contribution in [0.4, 0.5) is 40.2 Å². The first-order valence-electron chi connectivity index (χ1n) is 25.8. The SMILES string of the molecule is COc1ccc(CNc2nccc3c2c(-c2ccc(C(=O)Nc4cc(C(F)(F)F)ccn4)cc2)nn3CCC(C)NC(=O)O)c(OC)c1.COc1ccc(CNc2nccc3c2c(I)nn3CCC(C)NC(=O)OC(C)(C)C)c(OC)c1. The Morgan fingerprint density at radius 2 is 1.18 bits per heavy atom. The number of pyridine rings is 3. The number of carbonyl (C=O) groups excluding carboxylic acids is 2. The molecular weight excluding hydrogens is 1180 g/mol. The van der Waals surface area contributed by atoms with Crippen LogP contribution < -0.4 is 45.5 Å². The van der Waals surface area contributed by atoms with Crippen LogP contribution in [0.1, 0.15) is 74.5 Å². The van der Waals surface area contributed by atoms with Crippen molar-refractivity contribution in [2.75, 3.05) is 44.4 Å². The van der Waals surface area contributed by atoms with Crippen LogP contribution in [0.5, 0.6) is 23.0 Å². The molecule has 5 aromatic heterocycles. The van der Waals surface area contributed by atoms with E-state index in [1.54, 1.807) is 70.6 Å². The van der Waals surface area contributed by atoms with Crippen LogP contribution >= 0.6 is 22.6 Å². The summed E-state index contributed by atoms with van der Waals surface area (Å²) in [7, 11) is 6.41. The minimum absolute atomic E-state index is 0.0614. The number of nitrogens with zero attached hydrogens (tertiary/aromatic N) is 7. The maximum absolute atomic E-state index is 13.1. The highest BCUT2D eigenvalue weighted by Crippen LogP contribution is 2.35. The van der Waals surface area contributed by atoms with Gasteiger partial charge in [-0.05, 0) is 131 Å². The monoisotopic (exact) mass is 1240 g/mol. The topological polar surface area (TPSA) is 252 Å². The van der Waals surface area contributed by atoms with E-state index in [1.165, 1.54) is 12.1 Å². The molecule has 3 amide bonds. The van der Waals surface area contributed by atoms with Gasteiger partial charge in [0.05, 0.1) is 55.8 Å². The first-order chi connectivity index (χ1) is 39.1. The molecule has 434 valence electrons. The normalized spacial score (nSPS) is 12.1. The van der Waals surface area contributed by atoms with Crippen LogP contribution in [0.25, 0.3) is 33.1 Å². The number of anilines is 3. The zero-order valence-electron chi connectivity index (χ0n) is 46.6. The third-order valence-corrected chi connectivity index (χ3v) is 13.4. The van der Waals surface area contributed by atoms with Crippen molar-refractivity contribution >= 4 is 79.9 Å². The van der Waals surface area contributed by atoms with Gasteiger partial charge in [-0.3, -0.25) is 14.2 Å². The van der Waals surface area contributed by atoms with Crippen LogP contribution in [0.3, 0.4) is 0 Å². The zero-order valence-corrected chi connectivity index (χ0v) is 48.7. The van der Waals surface area contributed by atoms with E-state index < -0.39 is 35.4 Å². The number of carboxylic acid groups (broad SMARTS) is 1. The highest BCUT2D eigenvalue weighted by atomic mass is 127. The summed E-state index contributed by atoms with van der Waals surface area (Å²) in [4.78, 5) is 49.0. The van der Waals surface area contributed by atoms with Crippen molar-refractivity contribution in [3.63, 3.8) is 0 Å². The number of nitrogens with one attached hydrogen (secondary N) is 5. The number of ether oxygens (including phenoxy) is 5. The summed E-state index contributed by atoms with van der Waals surface area (Å²) in [6.07, 6.45) is -0.551. The second kappa shape index (κ2) is 27.2. The summed E-state index contributed by atoms with van der Waals surface area (Å²) in [6, 6.07) is 22.6. The molecule has 6 N–H and O–H groups in total. The fourth-order valence-corrected chi connectivity index (χ4v) is 9.30. The summed E-state index contributed by atoms with van der Waals surface area (Å²) in [6.45, 7) is 11.2. The molecule has 0 aliphatic heterocycles. The van der Waals surface area contributed by atoms with E-state index in [0.717, 1.165) is 66.9 Å². The van der Waals surface area contributed by atoms with Gasteiger partial charge in [0.15, 0.2) is 0 Å². The van der Waals surface area contributed by atoms with Crippen LogP contribution in [0.2, 0.25) is 0 Å². The molecule has 0 radical (unpaired) electrons. The van der Waals surface area contributed by atoms with E-state index in [4.69, 9.17) is 39.0 Å². The van der Waals surface area contributed by atoms with E-state index in [0.29, 0.717) is 73.0 Å². The molecule has 8 rings (SSSR count). The summed E-state index contributed by atoms with van der Waals surface area (Å²) >= 11 is 2.23. The second-order valence-corrected chi connectivity index (χ2v) is 20.7. The number of hydrogen-bond donors (Lipinski definition) is 6. The number of alkyl carbamates (subject to hydrolysis) is 1. The van der Waals surface area contributed by atoms with Crippen molar-refractivity contribution in [1.82, 2.24) is 45.1 Å². The standard InChI is InChI=1S/C33H32F3N7O5.C24H32IN5O4/c1-19(40-32(45)46)12-15-43-25-11-14-38-30(39-18-22-8-9-24(47-2)17-26(22)48-3)28(25)29(42-43)20-4-6-21(7-5-20)31(44)41-27-16-23(10-13-37-27)33(34,35)36;1-15(28-23(31)34-24(2,3)4)10-12-30-18-9-11-26-22(20(18)21(25)29-30)27-14-16-7-8-17(32-5)13-19(16)33-6/h4-11,13-14,16-17,19,40H,12,15,18H2,1-3H3,(H,38,39)(H,45,46)(H,37,41,44);7-9,11,13,15H,10,12,14H2,1-6H3,(H,26,27)(H,28,31). The van der Waals surface area contributed by atoms with Crippen molar-refractivity contribution < 1.29 is 56.3 Å². The van der Waals surface area contributed by atoms with Gasteiger partial charge in [0.1, 0.15) is 55.4 Å². The number of methoxy groups -OCH3 is 4. The Morgan fingerprint density at radius 3 is 1.71 bits per heavy atom. The number of benzene rings is 3. The molecule has 0 saturated heterocycles. The maximum Gasteiger partial charge on any atom is 0.416 e. The predicted molar refractivity (Wildman–Crippen MR) is 313 cm³/mol. The van der Waals surface area contributed by atoms with Crippen LogP contribution in [-0.4, -0.2) is 104 Å². The third kappa shape index (κ3) is 16.1. The van der Waals surface area contributed by atoms with E-state index in [2.05, 4.69) is 64.1 Å². The molecule has 0 spiro atoms. The summed E-state index contributed by atoms with van der Waals surface area (Å²) < 4.78 is 70.9. The lowest BCUT2D eigenvalue weighted by Crippen LogP contribution is -2.38. The van der Waals surface area contributed by atoms with Gasteiger partial charge in [-0.25, -0.2) is 24.5 Å². The number of amides is 3. The van der Waals surface area contributed by atoms with E-state index >= 15 is 0 Å². The Labute approximate surface area is 484 Å². The predicted octanol–water partition coefficient (Wildman–Crippen LogP) is 11.4. The Balaban J connectivity index is 0.000000251. The van der Waals surface area contributed by atoms with Gasteiger partial charge in [-0.15, -0.1) is 0 Å². The van der Waals surface area contributed by atoms with Crippen molar-refractivity contribution in [2.45, 2.75) is 97.5 Å². The lowest BCUT2D eigenvalue weighted by atomic mass is 10.1. The first-order valence-corrected chi connectivity index (χ1v) is 26.9.